The van der Waals surface area contributed by atoms with E-state index in [0.717, 1.165) is 5.69 Å². The highest BCUT2D eigenvalue weighted by Gasteiger charge is 2.08. The number of aromatic amines is 2. The molecule has 1 aromatic heterocycles. The van der Waals surface area contributed by atoms with Gasteiger partial charge in [0.15, 0.2) is 0 Å². The van der Waals surface area contributed by atoms with Crippen molar-refractivity contribution in [2.45, 2.75) is 12.5 Å². The molecule has 1 aromatic carbocycles. The van der Waals surface area contributed by atoms with Crippen molar-refractivity contribution in [2.24, 2.45) is 0 Å². The van der Waals surface area contributed by atoms with Crippen LogP contribution in [0.25, 0.3) is 0 Å². The quantitative estimate of drug-likeness (QED) is 0.603. The van der Waals surface area contributed by atoms with Crippen LogP contribution in [0.2, 0.25) is 0 Å². The molecule has 2 rings (SSSR count). The number of nitrogens with one attached hydrogen (secondary N) is 3. The van der Waals surface area contributed by atoms with Crippen molar-refractivity contribution in [3.8, 4) is 11.5 Å². The van der Waals surface area contributed by atoms with E-state index in [0.29, 0.717) is 30.2 Å². The molecule has 114 valence electrons. The molecule has 21 heavy (non-hydrogen) atoms. The highest BCUT2D eigenvalue weighted by atomic mass is 16.5. The van der Waals surface area contributed by atoms with E-state index in [1.165, 1.54) is 0 Å². The molecule has 1 heterocycles. The van der Waals surface area contributed by atoms with Crippen molar-refractivity contribution in [1.29, 1.82) is 0 Å². The third-order valence-corrected chi connectivity index (χ3v) is 3.00. The molecule has 1 unspecified atom stereocenters. The molecule has 0 spiro atoms. The molecule has 0 bridgehead atoms. The molecular weight excluding hydrogens is 274 g/mol. The minimum atomic E-state index is -0.631. The zero-order chi connectivity index (χ0) is 15.2. The van der Waals surface area contributed by atoms with Crippen molar-refractivity contribution < 1.29 is 14.6 Å². The van der Waals surface area contributed by atoms with Gasteiger partial charge in [-0.1, -0.05) is 0 Å². The van der Waals surface area contributed by atoms with Gasteiger partial charge in [-0.3, -0.25) is 0 Å². The number of rotatable bonds is 7. The second kappa shape index (κ2) is 6.85. The van der Waals surface area contributed by atoms with Crippen LogP contribution >= 0.6 is 0 Å². The van der Waals surface area contributed by atoms with Crippen LogP contribution in [0.4, 0.5) is 5.69 Å². The Morgan fingerprint density at radius 1 is 1.24 bits per heavy atom. The van der Waals surface area contributed by atoms with Gasteiger partial charge >= 0.3 is 5.69 Å². The number of imidazole rings is 1. The summed E-state index contributed by atoms with van der Waals surface area (Å²) in [6.45, 7) is 0.337. The van der Waals surface area contributed by atoms with Crippen molar-refractivity contribution in [3.05, 3.63) is 40.6 Å². The van der Waals surface area contributed by atoms with Gasteiger partial charge in [0, 0.05) is 48.7 Å². The largest absolute Gasteiger partial charge is 0.497 e. The number of aliphatic hydroxyl groups excluding tert-OH is 1. The summed E-state index contributed by atoms with van der Waals surface area (Å²) in [6, 6.07) is 5.40. The number of H-pyrrole nitrogens is 2. The van der Waals surface area contributed by atoms with Gasteiger partial charge in [-0.15, -0.1) is 0 Å². The van der Waals surface area contributed by atoms with Crippen LogP contribution in [-0.2, 0) is 6.42 Å². The van der Waals surface area contributed by atoms with E-state index in [1.807, 2.05) is 12.1 Å². The summed E-state index contributed by atoms with van der Waals surface area (Å²) in [5.41, 5.74) is 1.17. The second-order valence-electron chi connectivity index (χ2n) is 4.61. The van der Waals surface area contributed by atoms with Crippen LogP contribution in [0.15, 0.2) is 29.2 Å². The smallest absolute Gasteiger partial charge is 0.323 e. The van der Waals surface area contributed by atoms with Crippen LogP contribution in [0, 0.1) is 0 Å². The molecule has 7 nitrogen and oxygen atoms in total. The Labute approximate surface area is 121 Å². The lowest BCUT2D eigenvalue weighted by Gasteiger charge is -2.14. The highest BCUT2D eigenvalue weighted by Crippen LogP contribution is 2.25. The van der Waals surface area contributed by atoms with Gasteiger partial charge in [-0.2, -0.15) is 0 Å². The Bertz CT molecular complexity index is 613. The first-order valence-electron chi connectivity index (χ1n) is 6.52. The molecule has 0 aliphatic rings. The van der Waals surface area contributed by atoms with Crippen molar-refractivity contribution in [3.63, 3.8) is 0 Å². The minimum absolute atomic E-state index is 0.275. The average Bonchev–Trinajstić information content (AvgIpc) is 2.89. The molecule has 7 heteroatoms. The Kier molecular flexibility index (Phi) is 4.89. The van der Waals surface area contributed by atoms with Crippen molar-refractivity contribution in [1.82, 2.24) is 9.97 Å². The first-order valence-corrected chi connectivity index (χ1v) is 6.52. The summed E-state index contributed by atoms with van der Waals surface area (Å²) < 4.78 is 10.4. The van der Waals surface area contributed by atoms with Crippen LogP contribution in [-0.4, -0.2) is 41.9 Å². The van der Waals surface area contributed by atoms with Gasteiger partial charge in [0.2, 0.25) is 0 Å². The maximum atomic E-state index is 11.0. The van der Waals surface area contributed by atoms with Gasteiger partial charge in [0.1, 0.15) is 11.5 Å². The normalized spacial score (nSPS) is 12.0. The summed E-state index contributed by atoms with van der Waals surface area (Å²) in [5, 5.41) is 13.1. The molecule has 0 aliphatic heterocycles. The summed E-state index contributed by atoms with van der Waals surface area (Å²) in [5.74, 6) is 1.34. The zero-order valence-electron chi connectivity index (χ0n) is 12.0. The molecule has 0 radical (unpaired) electrons. The van der Waals surface area contributed by atoms with E-state index in [9.17, 15) is 9.90 Å². The Balaban J connectivity index is 1.94. The number of ether oxygens (including phenoxy) is 2. The van der Waals surface area contributed by atoms with Gasteiger partial charge < -0.3 is 29.9 Å². The molecule has 0 saturated heterocycles. The standard InChI is InChI=1S/C14H19N3O4/c1-20-12-4-9(5-13(6-12)21-2)15-8-11(18)3-10-7-16-14(19)17-10/h4-7,11,15,18H,3,8H2,1-2H3,(H2,16,17,19). The fourth-order valence-electron chi connectivity index (χ4n) is 1.95. The lowest BCUT2D eigenvalue weighted by Crippen LogP contribution is -2.22. The van der Waals surface area contributed by atoms with E-state index in [2.05, 4.69) is 15.3 Å². The molecular formula is C14H19N3O4. The number of methoxy groups -OCH3 is 2. The van der Waals surface area contributed by atoms with Crippen LogP contribution < -0.4 is 20.5 Å². The van der Waals surface area contributed by atoms with E-state index >= 15 is 0 Å². The van der Waals surface area contributed by atoms with E-state index in [1.54, 1.807) is 26.5 Å². The first-order chi connectivity index (χ1) is 10.1. The number of benzene rings is 1. The SMILES string of the molecule is COc1cc(NCC(O)Cc2c[nH]c(=O)[nH]2)cc(OC)c1. The Morgan fingerprint density at radius 2 is 1.90 bits per heavy atom. The van der Waals surface area contributed by atoms with Crippen molar-refractivity contribution in [2.75, 3.05) is 26.1 Å². The molecule has 2 aromatic rings. The van der Waals surface area contributed by atoms with E-state index in [4.69, 9.17) is 9.47 Å². The number of aromatic nitrogens is 2. The molecule has 0 aliphatic carbocycles. The van der Waals surface area contributed by atoms with E-state index in [-0.39, 0.29) is 5.69 Å². The number of hydrogen-bond donors (Lipinski definition) is 4. The first kappa shape index (κ1) is 15.0. The lowest BCUT2D eigenvalue weighted by molar-refractivity contribution is 0.187. The van der Waals surface area contributed by atoms with Crippen molar-refractivity contribution >= 4 is 5.69 Å². The molecule has 0 saturated carbocycles. The third-order valence-electron chi connectivity index (χ3n) is 3.00. The second-order valence-corrected chi connectivity index (χ2v) is 4.61. The van der Waals surface area contributed by atoms with Crippen LogP contribution in [0.5, 0.6) is 11.5 Å². The molecule has 0 amide bonds. The van der Waals surface area contributed by atoms with E-state index < -0.39 is 6.10 Å². The Morgan fingerprint density at radius 3 is 2.43 bits per heavy atom. The Hall–Kier alpha value is -2.41. The lowest BCUT2D eigenvalue weighted by atomic mass is 10.2. The summed E-state index contributed by atoms with van der Waals surface area (Å²) >= 11 is 0. The van der Waals surface area contributed by atoms with Gasteiger partial charge in [-0.25, -0.2) is 4.79 Å². The minimum Gasteiger partial charge on any atom is -0.497 e. The van der Waals surface area contributed by atoms with Gasteiger partial charge in [0.25, 0.3) is 0 Å². The maximum absolute atomic E-state index is 11.0. The predicted molar refractivity (Wildman–Crippen MR) is 79.2 cm³/mol. The highest BCUT2D eigenvalue weighted by molar-refractivity contribution is 5.53. The fourth-order valence-corrected chi connectivity index (χ4v) is 1.95. The third kappa shape index (κ3) is 4.28. The molecule has 0 fully saturated rings. The van der Waals surface area contributed by atoms with Crippen LogP contribution in [0.3, 0.4) is 0 Å². The number of anilines is 1. The molecule has 4 N–H and O–H groups in total. The molecule has 1 atom stereocenters. The predicted octanol–water partition coefficient (Wildman–Crippen LogP) is 0.736. The van der Waals surface area contributed by atoms with Gasteiger partial charge in [-0.05, 0) is 0 Å². The summed E-state index contributed by atoms with van der Waals surface area (Å²) in [6.07, 6.45) is 1.28. The number of hydrogen-bond acceptors (Lipinski definition) is 5. The van der Waals surface area contributed by atoms with Crippen LogP contribution in [0.1, 0.15) is 5.69 Å². The average molecular weight is 293 g/mol. The summed E-state index contributed by atoms with van der Waals surface area (Å²) in [7, 11) is 3.16. The fraction of sp³-hybridized carbons (Fsp3) is 0.357. The number of aliphatic hydroxyl groups is 1. The zero-order valence-corrected chi connectivity index (χ0v) is 12.0. The van der Waals surface area contributed by atoms with Gasteiger partial charge in [0.05, 0.1) is 20.3 Å². The monoisotopic (exact) mass is 293 g/mol. The summed E-state index contributed by atoms with van der Waals surface area (Å²) in [4.78, 5) is 16.1. The topological polar surface area (TPSA) is 99.4 Å². The maximum Gasteiger partial charge on any atom is 0.323 e.